The Kier molecular flexibility index (Phi) is 5.48. The smallest absolute Gasteiger partial charge is 0.135 e. The van der Waals surface area contributed by atoms with Gasteiger partial charge in [-0.3, -0.25) is 0 Å². The average Bonchev–Trinajstić information content (AvgIpc) is 2.76. The van der Waals surface area contributed by atoms with Crippen LogP contribution in [0.2, 0.25) is 0 Å². The molecule has 4 rings (SSSR count). The molecule has 1 aliphatic rings. The van der Waals surface area contributed by atoms with Crippen LogP contribution in [0.3, 0.4) is 0 Å². The fourth-order valence-corrected chi connectivity index (χ4v) is 3.73. The predicted molar refractivity (Wildman–Crippen MR) is 112 cm³/mol. The van der Waals surface area contributed by atoms with Gasteiger partial charge in [-0.2, -0.15) is 5.26 Å². The van der Waals surface area contributed by atoms with E-state index in [1.807, 2.05) is 24.3 Å². The van der Waals surface area contributed by atoms with Crippen LogP contribution in [0.5, 0.6) is 0 Å². The number of rotatable bonds is 5. The maximum absolute atomic E-state index is 9.25. The molecule has 1 saturated heterocycles. The van der Waals surface area contributed by atoms with E-state index in [4.69, 9.17) is 0 Å². The highest BCUT2D eigenvalue weighted by molar-refractivity contribution is 5.65. The van der Waals surface area contributed by atoms with Gasteiger partial charge in [0.2, 0.25) is 0 Å². The Labute approximate surface area is 165 Å². The Hall–Kier alpha value is -3.39. The lowest BCUT2D eigenvalue weighted by molar-refractivity contribution is 0.402. The first kappa shape index (κ1) is 18.0. The Morgan fingerprint density at radius 3 is 2.54 bits per heavy atom. The summed E-state index contributed by atoms with van der Waals surface area (Å²) < 4.78 is 0. The van der Waals surface area contributed by atoms with E-state index in [1.54, 1.807) is 12.4 Å². The van der Waals surface area contributed by atoms with Gasteiger partial charge in [-0.05, 0) is 42.9 Å². The minimum Gasteiger partial charge on any atom is -0.356 e. The van der Waals surface area contributed by atoms with Crippen molar-refractivity contribution in [3.63, 3.8) is 0 Å². The molecule has 5 nitrogen and oxygen atoms in total. The summed E-state index contributed by atoms with van der Waals surface area (Å²) in [4.78, 5) is 11.1. The maximum Gasteiger partial charge on any atom is 0.135 e. The molecule has 5 heteroatoms. The first-order chi connectivity index (χ1) is 13.8. The SMILES string of the molecule is N#Cc1ccccc1Nc1cc(N2CCC(Cc3ccccc3)CC2)ncn1. The molecule has 1 aliphatic heterocycles. The van der Waals surface area contributed by atoms with Crippen LogP contribution < -0.4 is 10.2 Å². The van der Waals surface area contributed by atoms with Crippen LogP contribution in [0.1, 0.15) is 24.0 Å². The van der Waals surface area contributed by atoms with E-state index >= 15 is 0 Å². The zero-order chi connectivity index (χ0) is 19.2. The second-order valence-corrected chi connectivity index (χ2v) is 7.16. The molecule has 2 heterocycles. The molecule has 0 bridgehead atoms. The van der Waals surface area contributed by atoms with Gasteiger partial charge in [0.1, 0.15) is 24.0 Å². The van der Waals surface area contributed by atoms with Crippen molar-refractivity contribution in [2.75, 3.05) is 23.3 Å². The number of benzene rings is 2. The molecule has 0 amide bonds. The monoisotopic (exact) mass is 369 g/mol. The fourth-order valence-electron chi connectivity index (χ4n) is 3.73. The molecular weight excluding hydrogens is 346 g/mol. The van der Waals surface area contributed by atoms with Crippen molar-refractivity contribution in [3.8, 4) is 6.07 Å². The summed E-state index contributed by atoms with van der Waals surface area (Å²) in [6.07, 6.45) is 5.07. The molecule has 28 heavy (non-hydrogen) atoms. The first-order valence-corrected chi connectivity index (χ1v) is 9.69. The lowest BCUT2D eigenvalue weighted by Crippen LogP contribution is -2.34. The molecular formula is C23H23N5. The Bertz CT molecular complexity index is 956. The number of nitriles is 1. The third-order valence-electron chi connectivity index (χ3n) is 5.27. The molecule has 0 unspecified atom stereocenters. The molecule has 0 aliphatic carbocycles. The van der Waals surface area contributed by atoms with Crippen LogP contribution in [-0.2, 0) is 6.42 Å². The summed E-state index contributed by atoms with van der Waals surface area (Å²) in [6, 6.07) is 22.3. The second kappa shape index (κ2) is 8.53. The maximum atomic E-state index is 9.25. The lowest BCUT2D eigenvalue weighted by Gasteiger charge is -2.33. The van der Waals surface area contributed by atoms with Crippen LogP contribution >= 0.6 is 0 Å². The molecule has 1 fully saturated rings. The Morgan fingerprint density at radius 1 is 1.00 bits per heavy atom. The van der Waals surface area contributed by atoms with E-state index in [2.05, 4.69) is 56.6 Å². The molecule has 140 valence electrons. The number of piperidine rings is 1. The van der Waals surface area contributed by atoms with Gasteiger partial charge in [0.25, 0.3) is 0 Å². The number of aromatic nitrogens is 2. The van der Waals surface area contributed by atoms with Crippen LogP contribution in [0, 0.1) is 17.2 Å². The van der Waals surface area contributed by atoms with E-state index in [1.165, 1.54) is 18.4 Å². The van der Waals surface area contributed by atoms with Gasteiger partial charge in [-0.25, -0.2) is 9.97 Å². The minimum atomic E-state index is 0.601. The van der Waals surface area contributed by atoms with Gasteiger partial charge in [0.05, 0.1) is 11.3 Å². The van der Waals surface area contributed by atoms with E-state index in [0.29, 0.717) is 11.4 Å². The molecule has 3 aromatic rings. The normalized spacial score (nSPS) is 14.5. The van der Waals surface area contributed by atoms with Gasteiger partial charge < -0.3 is 10.2 Å². The average molecular weight is 369 g/mol. The largest absolute Gasteiger partial charge is 0.356 e. The summed E-state index contributed by atoms with van der Waals surface area (Å²) in [5.74, 6) is 2.37. The zero-order valence-electron chi connectivity index (χ0n) is 15.8. The Morgan fingerprint density at radius 2 is 1.75 bits per heavy atom. The van der Waals surface area contributed by atoms with Gasteiger partial charge in [-0.15, -0.1) is 0 Å². The quantitative estimate of drug-likeness (QED) is 0.715. The predicted octanol–water partition coefficient (Wildman–Crippen LogP) is 4.55. The Balaban J connectivity index is 1.39. The molecule has 2 aromatic carbocycles. The van der Waals surface area contributed by atoms with Crippen molar-refractivity contribution in [3.05, 3.63) is 78.1 Å². The van der Waals surface area contributed by atoms with Gasteiger partial charge in [-0.1, -0.05) is 42.5 Å². The van der Waals surface area contributed by atoms with E-state index in [-0.39, 0.29) is 0 Å². The third kappa shape index (κ3) is 4.29. The number of hydrogen-bond acceptors (Lipinski definition) is 5. The molecule has 0 radical (unpaired) electrons. The number of nitrogens with one attached hydrogen (secondary N) is 1. The highest BCUT2D eigenvalue weighted by Crippen LogP contribution is 2.26. The van der Waals surface area contributed by atoms with Crippen molar-refractivity contribution >= 4 is 17.3 Å². The molecule has 1 aromatic heterocycles. The fraction of sp³-hybridized carbons (Fsp3) is 0.261. The molecule has 1 N–H and O–H groups in total. The topological polar surface area (TPSA) is 64.8 Å². The van der Waals surface area contributed by atoms with E-state index in [0.717, 1.165) is 36.9 Å². The number of para-hydroxylation sites is 1. The second-order valence-electron chi connectivity index (χ2n) is 7.16. The molecule has 0 saturated carbocycles. The van der Waals surface area contributed by atoms with E-state index in [9.17, 15) is 5.26 Å². The van der Waals surface area contributed by atoms with Gasteiger partial charge in [0.15, 0.2) is 0 Å². The highest BCUT2D eigenvalue weighted by Gasteiger charge is 2.20. The van der Waals surface area contributed by atoms with Crippen molar-refractivity contribution in [1.29, 1.82) is 5.26 Å². The number of anilines is 3. The zero-order valence-corrected chi connectivity index (χ0v) is 15.8. The summed E-state index contributed by atoms with van der Waals surface area (Å²) in [5.41, 5.74) is 2.78. The van der Waals surface area contributed by atoms with E-state index < -0.39 is 0 Å². The van der Waals surface area contributed by atoms with Crippen LogP contribution in [-0.4, -0.2) is 23.1 Å². The standard InChI is InChI=1S/C23H23N5/c24-16-20-8-4-5-9-21(20)27-22-15-23(26-17-25-22)28-12-10-19(11-13-28)14-18-6-2-1-3-7-18/h1-9,15,17,19H,10-14H2,(H,25,26,27). The van der Waals surface area contributed by atoms with Gasteiger partial charge >= 0.3 is 0 Å². The van der Waals surface area contributed by atoms with Crippen molar-refractivity contribution in [2.24, 2.45) is 5.92 Å². The van der Waals surface area contributed by atoms with Crippen molar-refractivity contribution in [1.82, 2.24) is 9.97 Å². The number of nitrogens with zero attached hydrogens (tertiary/aromatic N) is 4. The summed E-state index contributed by atoms with van der Waals surface area (Å²) >= 11 is 0. The summed E-state index contributed by atoms with van der Waals surface area (Å²) in [5, 5.41) is 12.5. The van der Waals surface area contributed by atoms with Crippen molar-refractivity contribution < 1.29 is 0 Å². The van der Waals surface area contributed by atoms with Crippen LogP contribution in [0.15, 0.2) is 67.0 Å². The summed E-state index contributed by atoms with van der Waals surface area (Å²) in [6.45, 7) is 2.01. The molecule has 0 spiro atoms. The molecule has 0 atom stereocenters. The summed E-state index contributed by atoms with van der Waals surface area (Å²) in [7, 11) is 0. The third-order valence-corrected chi connectivity index (χ3v) is 5.27. The van der Waals surface area contributed by atoms with Crippen LogP contribution in [0.4, 0.5) is 17.3 Å². The number of hydrogen-bond donors (Lipinski definition) is 1. The lowest BCUT2D eigenvalue weighted by atomic mass is 9.90. The van der Waals surface area contributed by atoms with Crippen molar-refractivity contribution in [2.45, 2.75) is 19.3 Å². The minimum absolute atomic E-state index is 0.601. The first-order valence-electron chi connectivity index (χ1n) is 9.69. The highest BCUT2D eigenvalue weighted by atomic mass is 15.2. The van der Waals surface area contributed by atoms with Gasteiger partial charge in [0, 0.05) is 19.2 Å². The van der Waals surface area contributed by atoms with Crippen LogP contribution in [0.25, 0.3) is 0 Å².